The Morgan fingerprint density at radius 2 is 1.67 bits per heavy atom. The van der Waals surface area contributed by atoms with Crippen molar-refractivity contribution in [1.29, 1.82) is 0 Å². The van der Waals surface area contributed by atoms with Crippen molar-refractivity contribution in [1.82, 2.24) is 0 Å². The summed E-state index contributed by atoms with van der Waals surface area (Å²) >= 11 is 3.33. The van der Waals surface area contributed by atoms with Crippen molar-refractivity contribution >= 4 is 42.9 Å². The Kier molecular flexibility index (Phi) is 5.03. The SMILES string of the molecule is CC1(C)OC(=O)C(c2ccc(F)cc2)=C1c1ccc(S(C)(=O)=O)c(CBr)c1. The van der Waals surface area contributed by atoms with Gasteiger partial charge in [-0.2, -0.15) is 0 Å². The molecule has 0 saturated carbocycles. The maximum absolute atomic E-state index is 13.3. The van der Waals surface area contributed by atoms with Crippen LogP contribution in [0, 0.1) is 5.82 Å². The normalized spacial score (nSPS) is 16.6. The van der Waals surface area contributed by atoms with Gasteiger partial charge in [-0.1, -0.05) is 34.1 Å². The minimum Gasteiger partial charge on any atom is -0.451 e. The zero-order valence-electron chi connectivity index (χ0n) is 15.0. The molecule has 0 radical (unpaired) electrons. The number of halogens is 2. The first-order chi connectivity index (χ1) is 12.5. The minimum atomic E-state index is -3.38. The molecule has 1 heterocycles. The molecule has 0 amide bonds. The van der Waals surface area contributed by atoms with Gasteiger partial charge in [-0.3, -0.25) is 0 Å². The summed E-state index contributed by atoms with van der Waals surface area (Å²) < 4.78 is 42.8. The fraction of sp³-hybridized carbons (Fsp3) is 0.250. The molecule has 0 aliphatic carbocycles. The molecule has 3 rings (SSSR count). The lowest BCUT2D eigenvalue weighted by molar-refractivity contribution is -0.141. The number of hydrogen-bond acceptors (Lipinski definition) is 4. The van der Waals surface area contributed by atoms with Crippen LogP contribution < -0.4 is 0 Å². The smallest absolute Gasteiger partial charge is 0.340 e. The number of hydrogen-bond donors (Lipinski definition) is 0. The van der Waals surface area contributed by atoms with Crippen molar-refractivity contribution in [2.75, 3.05) is 6.26 Å². The average Bonchev–Trinajstić information content (AvgIpc) is 2.82. The molecule has 0 N–H and O–H groups in total. The van der Waals surface area contributed by atoms with Gasteiger partial charge in [-0.15, -0.1) is 0 Å². The number of carbonyl (C=O) groups excluding carboxylic acids is 1. The van der Waals surface area contributed by atoms with Gasteiger partial charge >= 0.3 is 5.97 Å². The van der Waals surface area contributed by atoms with Crippen molar-refractivity contribution < 1.29 is 22.3 Å². The summed E-state index contributed by atoms with van der Waals surface area (Å²) in [5.74, 6) is -0.889. The number of benzene rings is 2. The molecule has 0 aromatic heterocycles. The Morgan fingerprint density at radius 1 is 1.07 bits per heavy atom. The number of esters is 1. The van der Waals surface area contributed by atoms with Crippen molar-refractivity contribution in [2.45, 2.75) is 29.7 Å². The maximum atomic E-state index is 13.3. The van der Waals surface area contributed by atoms with Gasteiger partial charge in [0.1, 0.15) is 11.4 Å². The van der Waals surface area contributed by atoms with Crippen LogP contribution in [0.25, 0.3) is 11.1 Å². The maximum Gasteiger partial charge on any atom is 0.340 e. The van der Waals surface area contributed by atoms with Crippen LogP contribution in [0.1, 0.15) is 30.5 Å². The Morgan fingerprint density at radius 3 is 2.22 bits per heavy atom. The first-order valence-corrected chi connectivity index (χ1v) is 11.2. The third-order valence-electron chi connectivity index (χ3n) is 4.43. The summed E-state index contributed by atoms with van der Waals surface area (Å²) in [4.78, 5) is 12.8. The molecule has 0 spiro atoms. The third kappa shape index (κ3) is 3.71. The van der Waals surface area contributed by atoms with Crippen LogP contribution in [0.3, 0.4) is 0 Å². The number of alkyl halides is 1. The highest BCUT2D eigenvalue weighted by Gasteiger charge is 2.41. The van der Waals surface area contributed by atoms with Crippen LogP contribution in [-0.2, 0) is 24.7 Å². The van der Waals surface area contributed by atoms with Gasteiger partial charge in [-0.05, 0) is 54.8 Å². The molecule has 0 atom stereocenters. The van der Waals surface area contributed by atoms with Crippen LogP contribution in [0.2, 0.25) is 0 Å². The van der Waals surface area contributed by atoms with E-state index in [0.29, 0.717) is 33.2 Å². The molecular formula is C20H18BrFO4S. The Bertz CT molecular complexity index is 1050. The van der Waals surface area contributed by atoms with E-state index in [4.69, 9.17) is 4.74 Å². The van der Waals surface area contributed by atoms with E-state index < -0.39 is 27.2 Å². The fourth-order valence-corrected chi connectivity index (χ4v) is 4.88. The van der Waals surface area contributed by atoms with Gasteiger partial charge in [0.25, 0.3) is 0 Å². The zero-order chi connectivity index (χ0) is 20.0. The molecule has 0 saturated heterocycles. The van der Waals surface area contributed by atoms with Gasteiger partial charge in [0, 0.05) is 17.2 Å². The molecule has 7 heteroatoms. The summed E-state index contributed by atoms with van der Waals surface area (Å²) in [6, 6.07) is 10.6. The van der Waals surface area contributed by atoms with Gasteiger partial charge in [0.15, 0.2) is 9.84 Å². The number of cyclic esters (lactones) is 1. The van der Waals surface area contributed by atoms with Gasteiger partial charge < -0.3 is 4.74 Å². The standard InChI is InChI=1S/C20H18BrFO4S/c1-20(2)18(13-6-9-16(27(3,24)25)14(10-13)11-21)17(19(23)26-20)12-4-7-15(22)8-5-12/h4-10H,11H2,1-3H3. The van der Waals surface area contributed by atoms with E-state index in [2.05, 4.69) is 15.9 Å². The minimum absolute atomic E-state index is 0.232. The zero-order valence-corrected chi connectivity index (χ0v) is 17.4. The quantitative estimate of drug-likeness (QED) is 0.510. The topological polar surface area (TPSA) is 60.4 Å². The Hall–Kier alpha value is -1.99. The highest BCUT2D eigenvalue weighted by atomic mass is 79.9. The lowest BCUT2D eigenvalue weighted by Gasteiger charge is -2.22. The molecule has 0 fully saturated rings. The second-order valence-corrected chi connectivity index (χ2v) is 9.43. The molecule has 142 valence electrons. The third-order valence-corrected chi connectivity index (χ3v) is 6.23. The van der Waals surface area contributed by atoms with Crippen LogP contribution in [0.4, 0.5) is 4.39 Å². The van der Waals surface area contributed by atoms with Gasteiger partial charge in [0.05, 0.1) is 10.5 Å². The van der Waals surface area contributed by atoms with Crippen molar-refractivity contribution in [3.8, 4) is 0 Å². The second kappa shape index (κ2) is 6.87. The van der Waals surface area contributed by atoms with E-state index in [0.717, 1.165) is 6.26 Å². The van der Waals surface area contributed by atoms with Crippen LogP contribution in [0.5, 0.6) is 0 Å². The number of ether oxygens (including phenoxy) is 1. The number of rotatable bonds is 4. The van der Waals surface area contributed by atoms with Crippen LogP contribution in [-0.4, -0.2) is 26.2 Å². The van der Waals surface area contributed by atoms with E-state index in [1.54, 1.807) is 26.0 Å². The van der Waals surface area contributed by atoms with Crippen molar-refractivity contribution in [3.05, 3.63) is 65.0 Å². The lowest BCUT2D eigenvalue weighted by atomic mass is 9.86. The summed E-state index contributed by atoms with van der Waals surface area (Å²) in [6.07, 6.45) is 1.16. The van der Waals surface area contributed by atoms with E-state index in [-0.39, 0.29) is 4.90 Å². The number of sulfone groups is 1. The Labute approximate surface area is 166 Å². The second-order valence-electron chi connectivity index (χ2n) is 6.89. The van der Waals surface area contributed by atoms with Crippen LogP contribution in [0.15, 0.2) is 47.4 Å². The van der Waals surface area contributed by atoms with Gasteiger partial charge in [0.2, 0.25) is 0 Å². The van der Waals surface area contributed by atoms with E-state index in [1.807, 2.05) is 0 Å². The average molecular weight is 453 g/mol. The van der Waals surface area contributed by atoms with Gasteiger partial charge in [-0.25, -0.2) is 17.6 Å². The van der Waals surface area contributed by atoms with Crippen LogP contribution >= 0.6 is 15.9 Å². The highest BCUT2D eigenvalue weighted by Crippen LogP contribution is 2.44. The van der Waals surface area contributed by atoms with E-state index in [9.17, 15) is 17.6 Å². The molecule has 2 aromatic rings. The first kappa shape index (κ1) is 19.8. The summed E-state index contributed by atoms with van der Waals surface area (Å²) in [5, 5.41) is 0.345. The van der Waals surface area contributed by atoms with E-state index in [1.165, 1.54) is 30.3 Å². The summed E-state index contributed by atoms with van der Waals surface area (Å²) in [5.41, 5.74) is 1.92. The van der Waals surface area contributed by atoms with Crippen molar-refractivity contribution in [3.63, 3.8) is 0 Å². The molecule has 4 nitrogen and oxygen atoms in total. The predicted molar refractivity (Wildman–Crippen MR) is 106 cm³/mol. The number of carbonyl (C=O) groups is 1. The van der Waals surface area contributed by atoms with E-state index >= 15 is 0 Å². The first-order valence-electron chi connectivity index (χ1n) is 8.18. The predicted octanol–water partition coefficient (Wildman–Crippen LogP) is 4.37. The summed E-state index contributed by atoms with van der Waals surface area (Å²) in [6.45, 7) is 3.55. The monoisotopic (exact) mass is 452 g/mol. The fourth-order valence-electron chi connectivity index (χ4n) is 3.31. The largest absolute Gasteiger partial charge is 0.451 e. The highest BCUT2D eigenvalue weighted by molar-refractivity contribution is 9.08. The molecular weight excluding hydrogens is 435 g/mol. The molecule has 0 unspecified atom stereocenters. The molecule has 27 heavy (non-hydrogen) atoms. The molecule has 0 bridgehead atoms. The molecule has 1 aliphatic heterocycles. The summed E-state index contributed by atoms with van der Waals surface area (Å²) in [7, 11) is -3.38. The molecule has 2 aromatic carbocycles. The van der Waals surface area contributed by atoms with Crippen molar-refractivity contribution in [2.24, 2.45) is 0 Å². The lowest BCUT2D eigenvalue weighted by Crippen LogP contribution is -2.22. The Balaban J connectivity index is 2.27. The molecule has 1 aliphatic rings.